The fourth-order valence-corrected chi connectivity index (χ4v) is 2.06. The quantitative estimate of drug-likeness (QED) is 0.798. The van der Waals surface area contributed by atoms with Crippen molar-refractivity contribution in [2.24, 2.45) is 0 Å². The first-order valence-corrected chi connectivity index (χ1v) is 7.39. The molecule has 0 aliphatic heterocycles. The van der Waals surface area contributed by atoms with Gasteiger partial charge in [0.1, 0.15) is 0 Å². The van der Waals surface area contributed by atoms with E-state index in [0.29, 0.717) is 22.8 Å². The molecule has 6 heteroatoms. The Morgan fingerprint density at radius 3 is 2.30 bits per heavy atom. The van der Waals surface area contributed by atoms with Crippen LogP contribution in [0.4, 0.5) is 5.69 Å². The molecule has 0 bridgehead atoms. The first kappa shape index (κ1) is 17.0. The Morgan fingerprint density at radius 1 is 1.04 bits per heavy atom. The summed E-state index contributed by atoms with van der Waals surface area (Å²) in [4.78, 5) is 23.2. The number of ether oxygens (including phenoxy) is 1. The molecule has 2 rings (SSSR count). The van der Waals surface area contributed by atoms with Gasteiger partial charge in [-0.25, -0.2) is 4.79 Å². The predicted octanol–water partition coefficient (Wildman–Crippen LogP) is 2.85. The molecule has 0 saturated carbocycles. The number of hydrogen-bond donors (Lipinski definition) is 2. The molecule has 2 aromatic carbocycles. The molecule has 0 radical (unpaired) electrons. The molecule has 5 nitrogen and oxygen atoms in total. The molecule has 0 spiro atoms. The molecule has 0 aliphatic carbocycles. The highest BCUT2D eigenvalue weighted by atomic mass is 35.5. The van der Waals surface area contributed by atoms with E-state index < -0.39 is 5.97 Å². The van der Waals surface area contributed by atoms with Crippen LogP contribution in [0.3, 0.4) is 0 Å². The topological polar surface area (TPSA) is 67.4 Å². The normalized spacial score (nSPS) is 10.2. The minimum Gasteiger partial charge on any atom is -0.465 e. The van der Waals surface area contributed by atoms with Gasteiger partial charge < -0.3 is 15.4 Å². The molecule has 0 heterocycles. The Balaban J connectivity index is 1.78. The lowest BCUT2D eigenvalue weighted by Crippen LogP contribution is -2.27. The zero-order chi connectivity index (χ0) is 16.7. The van der Waals surface area contributed by atoms with Gasteiger partial charge in [-0.05, 0) is 42.0 Å². The average Bonchev–Trinajstić information content (AvgIpc) is 2.56. The van der Waals surface area contributed by atoms with Gasteiger partial charge in [0.25, 0.3) is 0 Å². The number of carbonyl (C=O) groups is 2. The number of halogens is 1. The van der Waals surface area contributed by atoms with Crippen molar-refractivity contribution in [2.75, 3.05) is 19.0 Å². The van der Waals surface area contributed by atoms with Gasteiger partial charge in [0, 0.05) is 17.3 Å². The van der Waals surface area contributed by atoms with Gasteiger partial charge in [-0.2, -0.15) is 0 Å². The number of amides is 1. The zero-order valence-electron chi connectivity index (χ0n) is 12.6. The van der Waals surface area contributed by atoms with Crippen LogP contribution in [0, 0.1) is 0 Å². The second-order valence-electron chi connectivity index (χ2n) is 4.85. The molecule has 0 atom stereocenters. The van der Waals surface area contributed by atoms with Crippen LogP contribution >= 0.6 is 11.6 Å². The number of carbonyl (C=O) groups excluding carboxylic acids is 2. The summed E-state index contributed by atoms with van der Waals surface area (Å²) in [5.74, 6) is -0.572. The Labute approximate surface area is 139 Å². The van der Waals surface area contributed by atoms with E-state index in [9.17, 15) is 9.59 Å². The van der Waals surface area contributed by atoms with Crippen molar-refractivity contribution in [1.29, 1.82) is 0 Å². The fraction of sp³-hybridized carbons (Fsp3) is 0.176. The van der Waals surface area contributed by atoms with Crippen LogP contribution in [0.25, 0.3) is 0 Å². The third-order valence-electron chi connectivity index (χ3n) is 3.12. The maximum atomic E-state index is 11.8. The van der Waals surface area contributed by atoms with Crippen LogP contribution < -0.4 is 10.6 Å². The number of anilines is 1. The largest absolute Gasteiger partial charge is 0.465 e. The highest BCUT2D eigenvalue weighted by Crippen LogP contribution is 2.11. The van der Waals surface area contributed by atoms with Crippen molar-refractivity contribution >= 4 is 29.2 Å². The number of methoxy groups -OCH3 is 1. The van der Waals surface area contributed by atoms with E-state index in [2.05, 4.69) is 15.4 Å². The maximum Gasteiger partial charge on any atom is 0.337 e. The van der Waals surface area contributed by atoms with Crippen molar-refractivity contribution in [3.8, 4) is 0 Å². The zero-order valence-corrected chi connectivity index (χ0v) is 13.4. The summed E-state index contributed by atoms with van der Waals surface area (Å²) in [7, 11) is 1.32. The van der Waals surface area contributed by atoms with Crippen molar-refractivity contribution in [1.82, 2.24) is 5.32 Å². The van der Waals surface area contributed by atoms with Crippen LogP contribution in [0.5, 0.6) is 0 Å². The molecule has 23 heavy (non-hydrogen) atoms. The summed E-state index contributed by atoms with van der Waals surface area (Å²) >= 11 is 5.81. The Hall–Kier alpha value is -2.37. The predicted molar refractivity (Wildman–Crippen MR) is 89.6 cm³/mol. The fourth-order valence-electron chi connectivity index (χ4n) is 1.94. The lowest BCUT2D eigenvalue weighted by Gasteiger charge is -2.07. The van der Waals surface area contributed by atoms with Crippen LogP contribution in [-0.4, -0.2) is 25.5 Å². The summed E-state index contributed by atoms with van der Waals surface area (Å²) in [6.45, 7) is 0.757. The molecule has 0 aromatic heterocycles. The lowest BCUT2D eigenvalue weighted by molar-refractivity contribution is -0.115. The van der Waals surface area contributed by atoms with E-state index in [1.807, 2.05) is 24.3 Å². The number of hydrogen-bond acceptors (Lipinski definition) is 4. The van der Waals surface area contributed by atoms with Gasteiger partial charge in [0.15, 0.2) is 0 Å². The highest BCUT2D eigenvalue weighted by molar-refractivity contribution is 6.30. The number of rotatable bonds is 6. The van der Waals surface area contributed by atoms with Crippen molar-refractivity contribution in [3.63, 3.8) is 0 Å². The van der Waals surface area contributed by atoms with Gasteiger partial charge in [0.2, 0.25) is 5.91 Å². The molecule has 0 unspecified atom stereocenters. The highest BCUT2D eigenvalue weighted by Gasteiger charge is 2.06. The molecule has 0 fully saturated rings. The monoisotopic (exact) mass is 332 g/mol. The van der Waals surface area contributed by atoms with Crippen LogP contribution in [0.15, 0.2) is 48.5 Å². The number of benzene rings is 2. The van der Waals surface area contributed by atoms with E-state index in [4.69, 9.17) is 11.6 Å². The summed E-state index contributed by atoms with van der Waals surface area (Å²) in [6, 6.07) is 13.9. The SMILES string of the molecule is COC(=O)c1ccc(NC(=O)CNCc2ccc(Cl)cc2)cc1. The first-order valence-electron chi connectivity index (χ1n) is 7.02. The van der Waals surface area contributed by atoms with Crippen molar-refractivity contribution in [3.05, 3.63) is 64.7 Å². The molecule has 0 aliphatic rings. The molecule has 1 amide bonds. The van der Waals surface area contributed by atoms with Crippen molar-refractivity contribution in [2.45, 2.75) is 6.54 Å². The standard InChI is InChI=1S/C17H17ClN2O3/c1-23-17(22)13-4-8-15(9-5-13)20-16(21)11-19-10-12-2-6-14(18)7-3-12/h2-9,19H,10-11H2,1H3,(H,20,21). The van der Waals surface area contributed by atoms with E-state index in [1.54, 1.807) is 24.3 Å². The first-order chi connectivity index (χ1) is 11.1. The summed E-state index contributed by atoms with van der Waals surface area (Å²) in [6.07, 6.45) is 0. The van der Waals surface area contributed by atoms with Gasteiger partial charge in [-0.15, -0.1) is 0 Å². The minimum atomic E-state index is -0.410. The molecular weight excluding hydrogens is 316 g/mol. The molecular formula is C17H17ClN2O3. The maximum absolute atomic E-state index is 11.8. The molecule has 2 aromatic rings. The average molecular weight is 333 g/mol. The third kappa shape index (κ3) is 5.39. The van der Waals surface area contributed by atoms with Crippen LogP contribution in [0.2, 0.25) is 5.02 Å². The van der Waals surface area contributed by atoms with E-state index in [0.717, 1.165) is 5.56 Å². The second kappa shape index (κ2) is 8.31. The van der Waals surface area contributed by atoms with Gasteiger partial charge in [0.05, 0.1) is 19.2 Å². The minimum absolute atomic E-state index is 0.162. The second-order valence-corrected chi connectivity index (χ2v) is 5.28. The van der Waals surface area contributed by atoms with Gasteiger partial charge in [-0.3, -0.25) is 4.79 Å². The summed E-state index contributed by atoms with van der Waals surface area (Å²) in [5.41, 5.74) is 2.10. The Morgan fingerprint density at radius 2 is 1.70 bits per heavy atom. The summed E-state index contributed by atoms with van der Waals surface area (Å²) < 4.78 is 4.62. The van der Waals surface area contributed by atoms with Crippen LogP contribution in [-0.2, 0) is 16.1 Å². The van der Waals surface area contributed by atoms with Crippen molar-refractivity contribution < 1.29 is 14.3 Å². The molecule has 2 N–H and O–H groups in total. The van der Waals surface area contributed by atoms with Gasteiger partial charge >= 0.3 is 5.97 Å². The van der Waals surface area contributed by atoms with Gasteiger partial charge in [-0.1, -0.05) is 23.7 Å². The van der Waals surface area contributed by atoms with E-state index in [1.165, 1.54) is 7.11 Å². The molecule has 120 valence electrons. The smallest absolute Gasteiger partial charge is 0.337 e. The Kier molecular flexibility index (Phi) is 6.14. The summed E-state index contributed by atoms with van der Waals surface area (Å²) in [5, 5.41) is 6.48. The number of esters is 1. The lowest BCUT2D eigenvalue weighted by atomic mass is 10.2. The third-order valence-corrected chi connectivity index (χ3v) is 3.37. The van der Waals surface area contributed by atoms with E-state index >= 15 is 0 Å². The molecule has 0 saturated heterocycles. The number of nitrogens with one attached hydrogen (secondary N) is 2. The van der Waals surface area contributed by atoms with E-state index in [-0.39, 0.29) is 12.5 Å². The Bertz CT molecular complexity index is 669. The van der Waals surface area contributed by atoms with Crippen LogP contribution in [0.1, 0.15) is 15.9 Å².